The molecule has 0 aliphatic rings. The van der Waals surface area contributed by atoms with Gasteiger partial charge in [-0.25, -0.2) is 9.59 Å². The third-order valence-electron chi connectivity index (χ3n) is 4.83. The number of hydrogen-bond acceptors (Lipinski definition) is 10. The maximum atomic E-state index is 10.9. The molecule has 0 heterocycles. The summed E-state index contributed by atoms with van der Waals surface area (Å²) in [6.07, 6.45) is 2.22. The Bertz CT molecular complexity index is 912. The summed E-state index contributed by atoms with van der Waals surface area (Å²) < 4.78 is 43.2. The first kappa shape index (κ1) is 30.8. The zero-order valence-corrected chi connectivity index (χ0v) is 21.6. The van der Waals surface area contributed by atoms with Crippen molar-refractivity contribution < 1.29 is 47.5 Å². The highest BCUT2D eigenvalue weighted by molar-refractivity contribution is 5.93. The van der Waals surface area contributed by atoms with Crippen LogP contribution in [0.4, 0.5) is 0 Å². The summed E-state index contributed by atoms with van der Waals surface area (Å²) in [7, 11) is 0. The second-order valence-electron chi connectivity index (χ2n) is 7.50. The molecule has 0 unspecified atom stereocenters. The number of fused-ring (bicyclic) bond motifs is 1. The molecule has 0 atom stereocenters. The smallest absolute Gasteiger partial charge is 0.330 e. The molecule has 208 valence electrons. The lowest BCUT2D eigenvalue weighted by molar-refractivity contribution is -0.140. The van der Waals surface area contributed by atoms with E-state index in [-0.39, 0.29) is 13.2 Å². The quantitative estimate of drug-likeness (QED) is 0.128. The average molecular weight is 533 g/mol. The number of esters is 2. The van der Waals surface area contributed by atoms with Crippen molar-refractivity contribution in [3.8, 4) is 11.5 Å². The van der Waals surface area contributed by atoms with Crippen LogP contribution >= 0.6 is 0 Å². The van der Waals surface area contributed by atoms with Crippen LogP contribution in [0.1, 0.15) is 0 Å². The largest absolute Gasteiger partial charge is 0.491 e. The molecule has 2 rings (SSSR count). The van der Waals surface area contributed by atoms with Gasteiger partial charge < -0.3 is 37.9 Å². The Labute approximate surface area is 223 Å². The number of carbonyl (C=O) groups is 2. The van der Waals surface area contributed by atoms with Crippen LogP contribution in [-0.4, -0.2) is 91.2 Å². The SMILES string of the molecule is C=CC(=O)OCCOCCOCCOc1cccc2c(OCCOCCOCCOC(=O)C=C)cccc12. The molecule has 0 amide bonds. The molecule has 0 spiro atoms. The van der Waals surface area contributed by atoms with Crippen molar-refractivity contribution in [2.75, 3.05) is 79.3 Å². The van der Waals surface area contributed by atoms with Crippen molar-refractivity contribution in [1.82, 2.24) is 0 Å². The average Bonchev–Trinajstić information content (AvgIpc) is 2.94. The molecule has 0 bridgehead atoms. The highest BCUT2D eigenvalue weighted by Gasteiger charge is 2.07. The summed E-state index contributed by atoms with van der Waals surface area (Å²) in [5.74, 6) is 0.543. The zero-order valence-electron chi connectivity index (χ0n) is 21.6. The molecule has 0 aliphatic carbocycles. The third kappa shape index (κ3) is 12.7. The lowest BCUT2D eigenvalue weighted by atomic mass is 10.1. The van der Waals surface area contributed by atoms with E-state index in [0.717, 1.165) is 34.4 Å². The Morgan fingerprint density at radius 1 is 0.526 bits per heavy atom. The lowest BCUT2D eigenvalue weighted by Gasteiger charge is -2.13. The number of benzene rings is 2. The van der Waals surface area contributed by atoms with Crippen LogP contribution in [-0.2, 0) is 38.0 Å². The van der Waals surface area contributed by atoms with E-state index < -0.39 is 11.9 Å². The number of carbonyl (C=O) groups excluding carboxylic acids is 2. The number of rotatable bonds is 22. The standard InChI is InChI=1S/C28H36O10/c1-3-27(29)37-21-17-33-13-11-31-15-19-35-25-9-5-8-24-23(25)7-6-10-26(24)36-20-16-32-12-14-34-18-22-38-28(30)4-2/h3-10H,1-2,11-22H2. The van der Waals surface area contributed by atoms with Gasteiger partial charge in [0.1, 0.15) is 37.9 Å². The summed E-state index contributed by atoms with van der Waals surface area (Å²) >= 11 is 0. The normalized spacial score (nSPS) is 10.6. The van der Waals surface area contributed by atoms with Gasteiger partial charge in [-0.2, -0.15) is 0 Å². The van der Waals surface area contributed by atoms with Crippen LogP contribution in [0.2, 0.25) is 0 Å². The second-order valence-corrected chi connectivity index (χ2v) is 7.50. The van der Waals surface area contributed by atoms with Crippen LogP contribution in [0.3, 0.4) is 0 Å². The minimum Gasteiger partial charge on any atom is -0.491 e. The predicted molar refractivity (Wildman–Crippen MR) is 141 cm³/mol. The van der Waals surface area contributed by atoms with Gasteiger partial charge in [-0.05, 0) is 12.1 Å². The van der Waals surface area contributed by atoms with Crippen LogP contribution in [0.25, 0.3) is 10.8 Å². The summed E-state index contributed by atoms with van der Waals surface area (Å²) in [6, 6.07) is 11.6. The maximum Gasteiger partial charge on any atom is 0.330 e. The van der Waals surface area contributed by atoms with E-state index in [1.165, 1.54) is 0 Å². The summed E-state index contributed by atoms with van der Waals surface area (Å²) in [4.78, 5) is 21.8. The Balaban J connectivity index is 1.60. The minimum absolute atomic E-state index is 0.181. The van der Waals surface area contributed by atoms with Crippen molar-refractivity contribution in [2.45, 2.75) is 0 Å². The minimum atomic E-state index is -0.469. The van der Waals surface area contributed by atoms with Gasteiger partial charge in [-0.15, -0.1) is 0 Å². The molecule has 0 aromatic heterocycles. The Morgan fingerprint density at radius 3 is 1.24 bits per heavy atom. The van der Waals surface area contributed by atoms with E-state index in [0.29, 0.717) is 66.1 Å². The molecule has 2 aromatic carbocycles. The molecule has 0 aliphatic heterocycles. The highest BCUT2D eigenvalue weighted by atomic mass is 16.6. The lowest BCUT2D eigenvalue weighted by Crippen LogP contribution is -2.14. The fourth-order valence-electron chi connectivity index (χ4n) is 3.09. The Hall–Kier alpha value is -3.44. The molecule has 0 N–H and O–H groups in total. The first-order valence-electron chi connectivity index (χ1n) is 12.3. The van der Waals surface area contributed by atoms with Gasteiger partial charge in [0, 0.05) is 22.9 Å². The van der Waals surface area contributed by atoms with Crippen molar-refractivity contribution in [2.24, 2.45) is 0 Å². The Morgan fingerprint density at radius 2 is 0.868 bits per heavy atom. The van der Waals surface area contributed by atoms with Crippen LogP contribution in [0.5, 0.6) is 11.5 Å². The van der Waals surface area contributed by atoms with Crippen LogP contribution < -0.4 is 9.47 Å². The monoisotopic (exact) mass is 532 g/mol. The molecule has 10 nitrogen and oxygen atoms in total. The van der Waals surface area contributed by atoms with Crippen molar-refractivity contribution in [1.29, 1.82) is 0 Å². The van der Waals surface area contributed by atoms with Crippen LogP contribution in [0.15, 0.2) is 61.7 Å². The van der Waals surface area contributed by atoms with Gasteiger partial charge in [-0.3, -0.25) is 0 Å². The topological polar surface area (TPSA) is 108 Å². The summed E-state index contributed by atoms with van der Waals surface area (Å²) in [6.45, 7) is 10.8. The fourth-order valence-corrected chi connectivity index (χ4v) is 3.09. The molecule has 0 radical (unpaired) electrons. The summed E-state index contributed by atoms with van der Waals surface area (Å²) in [5, 5.41) is 1.88. The van der Waals surface area contributed by atoms with Gasteiger partial charge >= 0.3 is 11.9 Å². The zero-order chi connectivity index (χ0) is 27.3. The van der Waals surface area contributed by atoms with Crippen molar-refractivity contribution in [3.63, 3.8) is 0 Å². The predicted octanol–water partition coefficient (Wildman–Crippen LogP) is 3.12. The van der Waals surface area contributed by atoms with E-state index in [1.54, 1.807) is 0 Å². The molecular weight excluding hydrogens is 496 g/mol. The van der Waals surface area contributed by atoms with E-state index in [1.807, 2.05) is 36.4 Å². The highest BCUT2D eigenvalue weighted by Crippen LogP contribution is 2.32. The van der Waals surface area contributed by atoms with E-state index in [4.69, 9.17) is 37.9 Å². The van der Waals surface area contributed by atoms with Gasteiger partial charge in [0.05, 0.1) is 52.9 Å². The van der Waals surface area contributed by atoms with E-state index >= 15 is 0 Å². The molecule has 10 heteroatoms. The maximum absolute atomic E-state index is 10.9. The Kier molecular flexibility index (Phi) is 15.9. The van der Waals surface area contributed by atoms with Crippen molar-refractivity contribution in [3.05, 3.63) is 61.7 Å². The van der Waals surface area contributed by atoms with Gasteiger partial charge in [0.2, 0.25) is 0 Å². The molecule has 2 aromatic rings. The molecule has 0 saturated heterocycles. The third-order valence-corrected chi connectivity index (χ3v) is 4.83. The molecular formula is C28H36O10. The number of ether oxygens (including phenoxy) is 8. The molecule has 0 saturated carbocycles. The van der Waals surface area contributed by atoms with Gasteiger partial charge in [-0.1, -0.05) is 37.4 Å². The van der Waals surface area contributed by atoms with Crippen molar-refractivity contribution >= 4 is 22.7 Å². The van der Waals surface area contributed by atoms with Gasteiger partial charge in [0.15, 0.2) is 0 Å². The second kappa shape index (κ2) is 19.6. The molecule has 0 fully saturated rings. The first-order valence-corrected chi connectivity index (χ1v) is 12.3. The van der Waals surface area contributed by atoms with E-state index in [9.17, 15) is 9.59 Å². The van der Waals surface area contributed by atoms with Gasteiger partial charge in [0.25, 0.3) is 0 Å². The first-order chi connectivity index (χ1) is 18.7. The summed E-state index contributed by atoms with van der Waals surface area (Å²) in [5.41, 5.74) is 0. The number of hydrogen-bond donors (Lipinski definition) is 0. The molecule has 38 heavy (non-hydrogen) atoms. The van der Waals surface area contributed by atoms with E-state index in [2.05, 4.69) is 13.2 Å². The van der Waals surface area contributed by atoms with Crippen LogP contribution in [0, 0.1) is 0 Å². The fraction of sp³-hybridized carbons (Fsp3) is 0.429.